The van der Waals surface area contributed by atoms with E-state index in [1.807, 2.05) is 4.90 Å². The molecule has 1 N–H and O–H groups in total. The molecule has 0 unspecified atom stereocenters. The Morgan fingerprint density at radius 3 is 2.32 bits per heavy atom. The standard InChI is InChI=1S/C16H24N2O/c1-11-8-12(2)15(13(3)9-11)18-14(19)6-7-17-10-16(18,4)5/h8-9,17H,6-7,10H2,1-5H3. The van der Waals surface area contributed by atoms with E-state index in [4.69, 9.17) is 0 Å². The van der Waals surface area contributed by atoms with Gasteiger partial charge in [-0.25, -0.2) is 0 Å². The van der Waals surface area contributed by atoms with Crippen molar-refractivity contribution in [2.75, 3.05) is 18.0 Å². The zero-order valence-electron chi connectivity index (χ0n) is 12.6. The van der Waals surface area contributed by atoms with Gasteiger partial charge in [-0.15, -0.1) is 0 Å². The second-order valence-corrected chi connectivity index (χ2v) is 6.22. The van der Waals surface area contributed by atoms with Crippen molar-refractivity contribution in [1.29, 1.82) is 0 Å². The second kappa shape index (κ2) is 4.97. The molecule has 1 heterocycles. The molecule has 0 radical (unpaired) electrons. The number of hydrogen-bond acceptors (Lipinski definition) is 2. The van der Waals surface area contributed by atoms with E-state index in [1.54, 1.807) is 0 Å². The summed E-state index contributed by atoms with van der Waals surface area (Å²) >= 11 is 0. The molecule has 2 rings (SSSR count). The molecule has 0 bridgehead atoms. The molecule has 1 amide bonds. The van der Waals surface area contributed by atoms with Gasteiger partial charge < -0.3 is 10.2 Å². The first-order chi connectivity index (χ1) is 8.83. The van der Waals surface area contributed by atoms with E-state index in [-0.39, 0.29) is 11.4 Å². The summed E-state index contributed by atoms with van der Waals surface area (Å²) in [6.45, 7) is 12.1. The molecule has 1 aromatic carbocycles. The molecular weight excluding hydrogens is 236 g/mol. The average Bonchev–Trinajstić information content (AvgIpc) is 2.39. The monoisotopic (exact) mass is 260 g/mol. The quantitative estimate of drug-likeness (QED) is 0.842. The van der Waals surface area contributed by atoms with E-state index in [0.29, 0.717) is 6.42 Å². The Hall–Kier alpha value is -1.35. The topological polar surface area (TPSA) is 32.3 Å². The molecular formula is C16H24N2O. The number of benzene rings is 1. The number of anilines is 1. The molecule has 0 saturated carbocycles. The maximum atomic E-state index is 12.5. The van der Waals surface area contributed by atoms with E-state index in [9.17, 15) is 4.79 Å². The van der Waals surface area contributed by atoms with Crippen LogP contribution < -0.4 is 10.2 Å². The molecule has 3 heteroatoms. The van der Waals surface area contributed by atoms with Crippen molar-refractivity contribution >= 4 is 11.6 Å². The predicted octanol–water partition coefficient (Wildman–Crippen LogP) is 2.72. The zero-order chi connectivity index (χ0) is 14.2. The van der Waals surface area contributed by atoms with Crippen molar-refractivity contribution in [1.82, 2.24) is 5.32 Å². The molecule has 0 spiro atoms. The second-order valence-electron chi connectivity index (χ2n) is 6.22. The van der Waals surface area contributed by atoms with Gasteiger partial charge in [0, 0.05) is 19.5 Å². The Morgan fingerprint density at radius 1 is 1.16 bits per heavy atom. The minimum absolute atomic E-state index is 0.196. The van der Waals surface area contributed by atoms with Crippen molar-refractivity contribution in [3.8, 4) is 0 Å². The van der Waals surface area contributed by atoms with Crippen LogP contribution in [0.4, 0.5) is 5.69 Å². The third-order valence-corrected chi connectivity index (χ3v) is 3.79. The predicted molar refractivity (Wildman–Crippen MR) is 79.7 cm³/mol. The van der Waals surface area contributed by atoms with Gasteiger partial charge in [-0.3, -0.25) is 4.79 Å². The largest absolute Gasteiger partial charge is 0.314 e. The van der Waals surface area contributed by atoms with Crippen LogP contribution in [-0.4, -0.2) is 24.5 Å². The van der Waals surface area contributed by atoms with Gasteiger partial charge in [0.15, 0.2) is 0 Å². The van der Waals surface area contributed by atoms with Crippen molar-refractivity contribution in [3.05, 3.63) is 28.8 Å². The maximum Gasteiger partial charge on any atom is 0.228 e. The van der Waals surface area contributed by atoms with Crippen LogP contribution in [0, 0.1) is 20.8 Å². The van der Waals surface area contributed by atoms with Crippen LogP contribution in [0.25, 0.3) is 0 Å². The third-order valence-electron chi connectivity index (χ3n) is 3.79. The van der Waals surface area contributed by atoms with Crippen LogP contribution in [-0.2, 0) is 4.79 Å². The summed E-state index contributed by atoms with van der Waals surface area (Å²) in [5.41, 5.74) is 4.50. The van der Waals surface area contributed by atoms with E-state index >= 15 is 0 Å². The number of nitrogens with one attached hydrogen (secondary N) is 1. The summed E-state index contributed by atoms with van der Waals surface area (Å²) in [4.78, 5) is 14.5. The third kappa shape index (κ3) is 2.66. The van der Waals surface area contributed by atoms with Crippen molar-refractivity contribution < 1.29 is 4.79 Å². The van der Waals surface area contributed by atoms with Gasteiger partial charge in [-0.2, -0.15) is 0 Å². The Labute approximate surface area is 116 Å². The lowest BCUT2D eigenvalue weighted by molar-refractivity contribution is -0.119. The van der Waals surface area contributed by atoms with Crippen LogP contribution in [0.3, 0.4) is 0 Å². The van der Waals surface area contributed by atoms with Gasteiger partial charge in [0.1, 0.15) is 0 Å². The first-order valence-electron chi connectivity index (χ1n) is 6.94. The van der Waals surface area contributed by atoms with Crippen molar-refractivity contribution in [2.45, 2.75) is 46.6 Å². The van der Waals surface area contributed by atoms with E-state index in [1.165, 1.54) is 16.7 Å². The van der Waals surface area contributed by atoms with E-state index < -0.39 is 0 Å². The highest BCUT2D eigenvalue weighted by Crippen LogP contribution is 2.33. The number of carbonyl (C=O) groups excluding carboxylic acids is 1. The molecule has 1 aliphatic rings. The van der Waals surface area contributed by atoms with Gasteiger partial charge in [-0.1, -0.05) is 17.7 Å². The fraction of sp³-hybridized carbons (Fsp3) is 0.562. The first-order valence-corrected chi connectivity index (χ1v) is 6.94. The Kier molecular flexibility index (Phi) is 3.68. The smallest absolute Gasteiger partial charge is 0.228 e. The summed E-state index contributed by atoms with van der Waals surface area (Å²) in [6.07, 6.45) is 0.566. The van der Waals surface area contributed by atoms with Crippen LogP contribution >= 0.6 is 0 Å². The van der Waals surface area contributed by atoms with E-state index in [2.05, 4.69) is 52.1 Å². The summed E-state index contributed by atoms with van der Waals surface area (Å²) in [5, 5.41) is 3.36. The molecule has 1 saturated heterocycles. The number of aryl methyl sites for hydroxylation is 3. The fourth-order valence-electron chi connectivity index (χ4n) is 3.07. The molecule has 0 aromatic heterocycles. The number of carbonyl (C=O) groups is 1. The zero-order valence-corrected chi connectivity index (χ0v) is 12.6. The summed E-state index contributed by atoms with van der Waals surface area (Å²) < 4.78 is 0. The van der Waals surface area contributed by atoms with Crippen LogP contribution in [0.5, 0.6) is 0 Å². The van der Waals surface area contributed by atoms with Crippen molar-refractivity contribution in [3.63, 3.8) is 0 Å². The number of hydrogen-bond donors (Lipinski definition) is 1. The SMILES string of the molecule is Cc1cc(C)c(N2C(=O)CCNCC2(C)C)c(C)c1. The summed E-state index contributed by atoms with van der Waals surface area (Å²) in [6, 6.07) is 4.31. The van der Waals surface area contributed by atoms with Crippen LogP contribution in [0.1, 0.15) is 37.0 Å². The van der Waals surface area contributed by atoms with Gasteiger partial charge in [0.2, 0.25) is 5.91 Å². The van der Waals surface area contributed by atoms with E-state index in [0.717, 1.165) is 18.8 Å². The Morgan fingerprint density at radius 2 is 1.74 bits per heavy atom. The Balaban J connectivity index is 2.57. The molecule has 1 aromatic rings. The molecule has 104 valence electrons. The van der Waals surface area contributed by atoms with Crippen molar-refractivity contribution in [2.24, 2.45) is 0 Å². The molecule has 1 fully saturated rings. The summed E-state index contributed by atoms with van der Waals surface area (Å²) in [5.74, 6) is 0.213. The minimum Gasteiger partial charge on any atom is -0.314 e. The molecule has 1 aliphatic heterocycles. The fourth-order valence-corrected chi connectivity index (χ4v) is 3.07. The number of rotatable bonds is 1. The first kappa shape index (κ1) is 14.1. The van der Waals surface area contributed by atoms with Gasteiger partial charge in [0.05, 0.1) is 11.2 Å². The van der Waals surface area contributed by atoms with Gasteiger partial charge in [-0.05, 0) is 45.7 Å². The highest BCUT2D eigenvalue weighted by atomic mass is 16.2. The minimum atomic E-state index is -0.196. The summed E-state index contributed by atoms with van der Waals surface area (Å²) in [7, 11) is 0. The van der Waals surface area contributed by atoms with Gasteiger partial charge in [0.25, 0.3) is 0 Å². The highest BCUT2D eigenvalue weighted by molar-refractivity contribution is 5.96. The lowest BCUT2D eigenvalue weighted by atomic mass is 9.97. The molecule has 19 heavy (non-hydrogen) atoms. The van der Waals surface area contributed by atoms with Crippen LogP contribution in [0.2, 0.25) is 0 Å². The normalized spacial score (nSPS) is 19.4. The lowest BCUT2D eigenvalue weighted by Crippen LogP contribution is -2.51. The molecule has 3 nitrogen and oxygen atoms in total. The maximum absolute atomic E-state index is 12.5. The molecule has 0 atom stereocenters. The highest BCUT2D eigenvalue weighted by Gasteiger charge is 2.35. The molecule has 0 aliphatic carbocycles. The number of nitrogens with zero attached hydrogens (tertiary/aromatic N) is 1. The number of amides is 1. The Bertz CT molecular complexity index is 482. The van der Waals surface area contributed by atoms with Gasteiger partial charge >= 0.3 is 0 Å². The average molecular weight is 260 g/mol. The van der Waals surface area contributed by atoms with Crippen LogP contribution in [0.15, 0.2) is 12.1 Å². The lowest BCUT2D eigenvalue weighted by Gasteiger charge is -2.39.